The fourth-order valence-corrected chi connectivity index (χ4v) is 3.93. The van der Waals surface area contributed by atoms with Crippen LogP contribution in [0.1, 0.15) is 9.75 Å². The van der Waals surface area contributed by atoms with Crippen LogP contribution in [0.15, 0.2) is 11.0 Å². The summed E-state index contributed by atoms with van der Waals surface area (Å²) in [6, 6.07) is 1.61. The molecule has 0 radical (unpaired) electrons. The van der Waals surface area contributed by atoms with Gasteiger partial charge in [-0.05, 0) is 19.9 Å². The molecule has 0 saturated carbocycles. The Labute approximate surface area is 110 Å². The lowest BCUT2D eigenvalue weighted by Crippen LogP contribution is -2.28. The van der Waals surface area contributed by atoms with Crippen molar-refractivity contribution in [2.45, 2.75) is 18.7 Å². The average Bonchev–Trinajstić information content (AvgIpc) is 2.57. The fourth-order valence-electron chi connectivity index (χ4n) is 1.36. The van der Waals surface area contributed by atoms with Gasteiger partial charge in [-0.3, -0.25) is 0 Å². The normalized spacial score (nSPS) is 11.7. The van der Waals surface area contributed by atoms with E-state index in [1.807, 2.05) is 6.92 Å². The quantitative estimate of drug-likeness (QED) is 0.723. The predicted octanol–water partition coefficient (Wildman–Crippen LogP) is 0.744. The van der Waals surface area contributed by atoms with E-state index in [-0.39, 0.29) is 18.0 Å². The summed E-state index contributed by atoms with van der Waals surface area (Å²) in [6.45, 7) is 3.22. The van der Waals surface area contributed by atoms with Crippen LogP contribution < -0.4 is 4.72 Å². The van der Waals surface area contributed by atoms with Gasteiger partial charge in [-0.1, -0.05) is 0 Å². The second-order valence-corrected chi connectivity index (χ2v) is 6.82. The molecule has 1 rings (SSSR count). The first kappa shape index (κ1) is 15.1. The highest BCUT2D eigenvalue weighted by Gasteiger charge is 2.18. The molecule has 0 bridgehead atoms. The number of hydrogen-bond donors (Lipinski definition) is 2. The van der Waals surface area contributed by atoms with Gasteiger partial charge in [0.25, 0.3) is 0 Å². The predicted molar refractivity (Wildman–Crippen MR) is 67.4 cm³/mol. The Balaban J connectivity index is 2.51. The number of hydrogen-bond acceptors (Lipinski definition) is 5. The first-order valence-electron chi connectivity index (χ1n) is 5.19. The molecule has 6 nitrogen and oxygen atoms in total. The van der Waals surface area contributed by atoms with Crippen LogP contribution in [0, 0.1) is 13.8 Å². The molecule has 1 aromatic rings. The lowest BCUT2D eigenvalue weighted by molar-refractivity contribution is -0.142. The number of rotatable bonds is 7. The Morgan fingerprint density at radius 3 is 2.67 bits per heavy atom. The van der Waals surface area contributed by atoms with Crippen LogP contribution in [0.5, 0.6) is 0 Å². The second-order valence-electron chi connectivity index (χ2n) is 3.62. The standard InChI is InChI=1S/C10H15NO5S2/c1-7-5-9(8(2)17-7)18(14,15)11-3-4-16-6-10(12)13/h5,11H,3-4,6H2,1-2H3,(H,12,13). The zero-order valence-electron chi connectivity index (χ0n) is 10.1. The molecule has 0 aliphatic rings. The summed E-state index contributed by atoms with van der Waals surface area (Å²) in [5, 5.41) is 8.33. The molecular formula is C10H15NO5S2. The van der Waals surface area contributed by atoms with E-state index >= 15 is 0 Å². The molecule has 18 heavy (non-hydrogen) atoms. The van der Waals surface area contributed by atoms with Crippen molar-refractivity contribution >= 4 is 27.3 Å². The van der Waals surface area contributed by atoms with Gasteiger partial charge in [0.2, 0.25) is 10.0 Å². The second kappa shape index (κ2) is 6.28. The molecule has 0 fully saturated rings. The number of nitrogens with one attached hydrogen (secondary N) is 1. The van der Waals surface area contributed by atoms with Crippen LogP contribution in [0.2, 0.25) is 0 Å². The molecule has 8 heteroatoms. The molecule has 0 spiro atoms. The van der Waals surface area contributed by atoms with Crippen molar-refractivity contribution in [1.29, 1.82) is 0 Å². The minimum atomic E-state index is -3.54. The number of sulfonamides is 1. The summed E-state index contributed by atoms with van der Waals surface area (Å²) >= 11 is 1.42. The molecule has 0 amide bonds. The third kappa shape index (κ3) is 4.37. The van der Waals surface area contributed by atoms with Crippen LogP contribution in [0.4, 0.5) is 0 Å². The minimum absolute atomic E-state index is 0.0215. The first-order valence-corrected chi connectivity index (χ1v) is 7.49. The van der Waals surface area contributed by atoms with E-state index in [4.69, 9.17) is 9.84 Å². The summed E-state index contributed by atoms with van der Waals surface area (Å²) < 4.78 is 30.9. The van der Waals surface area contributed by atoms with E-state index in [0.717, 1.165) is 9.75 Å². The molecule has 0 aliphatic carbocycles. The van der Waals surface area contributed by atoms with Crippen molar-refractivity contribution in [3.63, 3.8) is 0 Å². The monoisotopic (exact) mass is 293 g/mol. The number of carboxylic acid groups (broad SMARTS) is 1. The fraction of sp³-hybridized carbons (Fsp3) is 0.500. The summed E-state index contributed by atoms with van der Waals surface area (Å²) in [6.07, 6.45) is 0. The van der Waals surface area contributed by atoms with E-state index < -0.39 is 22.6 Å². The molecule has 1 aromatic heterocycles. The van der Waals surface area contributed by atoms with Crippen LogP contribution in [0.3, 0.4) is 0 Å². The molecule has 0 aromatic carbocycles. The Morgan fingerprint density at radius 2 is 2.17 bits per heavy atom. The summed E-state index contributed by atoms with van der Waals surface area (Å²) in [5.41, 5.74) is 0. The average molecular weight is 293 g/mol. The van der Waals surface area contributed by atoms with Gasteiger partial charge in [0.05, 0.1) is 11.5 Å². The maximum absolute atomic E-state index is 11.9. The number of thiophene rings is 1. The SMILES string of the molecule is Cc1cc(S(=O)(=O)NCCOCC(=O)O)c(C)s1. The molecule has 0 atom stereocenters. The smallest absolute Gasteiger partial charge is 0.329 e. The van der Waals surface area contributed by atoms with Crippen LogP contribution in [-0.2, 0) is 19.6 Å². The van der Waals surface area contributed by atoms with Crippen molar-refractivity contribution in [3.05, 3.63) is 15.8 Å². The van der Waals surface area contributed by atoms with E-state index in [9.17, 15) is 13.2 Å². The molecule has 2 N–H and O–H groups in total. The van der Waals surface area contributed by atoms with Crippen molar-refractivity contribution in [2.24, 2.45) is 0 Å². The minimum Gasteiger partial charge on any atom is -0.480 e. The van der Waals surface area contributed by atoms with Gasteiger partial charge in [0, 0.05) is 16.3 Å². The lowest BCUT2D eigenvalue weighted by atomic mass is 10.4. The van der Waals surface area contributed by atoms with Gasteiger partial charge >= 0.3 is 5.97 Å². The van der Waals surface area contributed by atoms with Crippen molar-refractivity contribution < 1.29 is 23.1 Å². The van der Waals surface area contributed by atoms with Gasteiger partial charge in [-0.25, -0.2) is 17.9 Å². The van der Waals surface area contributed by atoms with Crippen molar-refractivity contribution in [2.75, 3.05) is 19.8 Å². The maximum atomic E-state index is 11.9. The zero-order chi connectivity index (χ0) is 13.8. The van der Waals surface area contributed by atoms with E-state index in [0.29, 0.717) is 0 Å². The largest absolute Gasteiger partial charge is 0.480 e. The molecule has 1 heterocycles. The molecule has 102 valence electrons. The Hall–Kier alpha value is -0.960. The van der Waals surface area contributed by atoms with Gasteiger partial charge in [0.15, 0.2) is 0 Å². The van der Waals surface area contributed by atoms with E-state index in [1.165, 1.54) is 11.3 Å². The third-order valence-electron chi connectivity index (χ3n) is 2.05. The highest BCUT2D eigenvalue weighted by Crippen LogP contribution is 2.24. The van der Waals surface area contributed by atoms with E-state index in [1.54, 1.807) is 13.0 Å². The van der Waals surface area contributed by atoms with Crippen molar-refractivity contribution in [3.8, 4) is 0 Å². The number of aryl methyl sites for hydroxylation is 2. The number of carboxylic acids is 1. The van der Waals surface area contributed by atoms with Crippen LogP contribution >= 0.6 is 11.3 Å². The molecule has 0 aliphatic heterocycles. The van der Waals surface area contributed by atoms with Gasteiger partial charge in [-0.15, -0.1) is 11.3 Å². The number of aliphatic carboxylic acids is 1. The Kier molecular flexibility index (Phi) is 5.27. The molecule has 0 unspecified atom stereocenters. The third-order valence-corrected chi connectivity index (χ3v) is 4.73. The Bertz CT molecular complexity index is 520. The summed E-state index contributed by atoms with van der Waals surface area (Å²) in [7, 11) is -3.54. The summed E-state index contributed by atoms with van der Waals surface area (Å²) in [4.78, 5) is 12.1. The first-order chi connectivity index (χ1) is 8.33. The van der Waals surface area contributed by atoms with E-state index in [2.05, 4.69) is 4.72 Å². The Morgan fingerprint density at radius 1 is 1.50 bits per heavy atom. The highest BCUT2D eigenvalue weighted by molar-refractivity contribution is 7.89. The molecule has 0 saturated heterocycles. The molecular weight excluding hydrogens is 278 g/mol. The maximum Gasteiger partial charge on any atom is 0.329 e. The van der Waals surface area contributed by atoms with Crippen molar-refractivity contribution in [1.82, 2.24) is 4.72 Å². The zero-order valence-corrected chi connectivity index (χ0v) is 11.7. The number of carbonyl (C=O) groups is 1. The van der Waals surface area contributed by atoms with Crippen LogP contribution in [0.25, 0.3) is 0 Å². The summed E-state index contributed by atoms with van der Waals surface area (Å²) in [5.74, 6) is -1.08. The topological polar surface area (TPSA) is 92.7 Å². The van der Waals surface area contributed by atoms with Crippen LogP contribution in [-0.4, -0.2) is 39.3 Å². The highest BCUT2D eigenvalue weighted by atomic mass is 32.2. The van der Waals surface area contributed by atoms with Gasteiger partial charge in [0.1, 0.15) is 6.61 Å². The number of ether oxygens (including phenoxy) is 1. The lowest BCUT2D eigenvalue weighted by Gasteiger charge is -2.06. The van der Waals surface area contributed by atoms with Gasteiger partial charge in [-0.2, -0.15) is 0 Å². The van der Waals surface area contributed by atoms with Gasteiger partial charge < -0.3 is 9.84 Å².